The summed E-state index contributed by atoms with van der Waals surface area (Å²) in [5.41, 5.74) is -0.498. The lowest BCUT2D eigenvalue weighted by molar-refractivity contribution is -0.142. The molecule has 0 radical (unpaired) electrons. The first-order valence-electron chi connectivity index (χ1n) is 6.09. The number of amides is 1. The van der Waals surface area contributed by atoms with Crippen molar-refractivity contribution in [2.24, 2.45) is 11.3 Å². The van der Waals surface area contributed by atoms with E-state index in [9.17, 15) is 9.59 Å². The van der Waals surface area contributed by atoms with E-state index >= 15 is 0 Å². The quantitative estimate of drug-likeness (QED) is 0.595. The molecule has 0 unspecified atom stereocenters. The molecule has 1 fully saturated rings. The second-order valence-corrected chi connectivity index (χ2v) is 5.77. The highest BCUT2D eigenvalue weighted by atomic mass is 16.6. The van der Waals surface area contributed by atoms with Crippen LogP contribution in [0.15, 0.2) is 12.7 Å². The van der Waals surface area contributed by atoms with Crippen LogP contribution in [0, 0.1) is 11.3 Å². The number of allylic oxidation sites excluding steroid dienone is 1. The van der Waals surface area contributed by atoms with Crippen LogP contribution < -0.4 is 5.32 Å². The van der Waals surface area contributed by atoms with Gasteiger partial charge in [0.1, 0.15) is 6.10 Å². The van der Waals surface area contributed by atoms with E-state index in [0.717, 1.165) is 12.8 Å². The fourth-order valence-corrected chi connectivity index (χ4v) is 1.79. The molecule has 1 amide bonds. The predicted molar refractivity (Wildman–Crippen MR) is 68.2 cm³/mol. The zero-order valence-corrected chi connectivity index (χ0v) is 11.2. The standard InChI is InChI=1S/C13H21NO4/c1-5-6-8-7-9(8)18-12(17)14-10(11(15)16)13(2,3)4/h5,8-10H,1,6-7H2,2-4H3,(H,14,17)(H,15,16)/p+1/t8-,9-,10-/m1/s1. The molecule has 3 N–H and O–H groups in total. The average Bonchev–Trinajstić information content (AvgIpc) is 2.91. The van der Waals surface area contributed by atoms with Gasteiger partial charge in [-0.15, -0.1) is 6.58 Å². The molecule has 3 atom stereocenters. The monoisotopic (exact) mass is 256 g/mol. The molecule has 0 aromatic rings. The van der Waals surface area contributed by atoms with Crippen molar-refractivity contribution in [3.63, 3.8) is 0 Å². The average molecular weight is 256 g/mol. The highest BCUT2D eigenvalue weighted by molar-refractivity contribution is 5.80. The summed E-state index contributed by atoms with van der Waals surface area (Å²) in [7, 11) is 0. The number of carbonyl (C=O) groups is 2. The molecule has 0 heterocycles. The number of hydrogen-bond donors (Lipinski definition) is 1. The van der Waals surface area contributed by atoms with Crippen LogP contribution >= 0.6 is 0 Å². The summed E-state index contributed by atoms with van der Waals surface area (Å²) >= 11 is 0. The lowest BCUT2D eigenvalue weighted by Crippen LogP contribution is -2.49. The minimum Gasteiger partial charge on any atom is -0.563 e. The number of carbonyl (C=O) groups excluding carboxylic acids is 2. The third-order valence-electron chi connectivity index (χ3n) is 2.98. The van der Waals surface area contributed by atoms with Crippen molar-refractivity contribution in [2.45, 2.75) is 45.8 Å². The van der Waals surface area contributed by atoms with Gasteiger partial charge < -0.3 is 15.2 Å². The SMILES string of the molecule is C=CC[C@@H]1C[C@H]1OC(=O)N[C@H](C(=O)[OH2+])C(C)(C)C. The maximum atomic E-state index is 11.6. The number of rotatable bonds is 5. The van der Waals surface area contributed by atoms with Gasteiger partial charge in [-0.3, -0.25) is 0 Å². The van der Waals surface area contributed by atoms with E-state index in [1.807, 2.05) is 0 Å². The summed E-state index contributed by atoms with van der Waals surface area (Å²) in [4.78, 5) is 22.8. The van der Waals surface area contributed by atoms with Crippen molar-refractivity contribution >= 4 is 12.1 Å². The molecule has 1 aliphatic rings. The fraction of sp³-hybridized carbons (Fsp3) is 0.692. The first kappa shape index (κ1) is 14.5. The highest BCUT2D eigenvalue weighted by Crippen LogP contribution is 2.37. The van der Waals surface area contributed by atoms with E-state index in [2.05, 4.69) is 11.9 Å². The Bertz CT molecular complexity index is 345. The first-order chi connectivity index (χ1) is 8.25. The Kier molecular flexibility index (Phi) is 4.38. The van der Waals surface area contributed by atoms with Gasteiger partial charge in [0.2, 0.25) is 0 Å². The molecular formula is C13H22NO4+. The Morgan fingerprint density at radius 1 is 1.56 bits per heavy atom. The molecule has 0 saturated heterocycles. The van der Waals surface area contributed by atoms with Crippen molar-refractivity contribution in [3.05, 3.63) is 12.7 Å². The molecule has 0 aromatic carbocycles. The van der Waals surface area contributed by atoms with E-state index in [-0.39, 0.29) is 6.10 Å². The van der Waals surface area contributed by atoms with Crippen LogP contribution in [-0.2, 0) is 9.53 Å². The summed E-state index contributed by atoms with van der Waals surface area (Å²) in [5.74, 6) is -0.453. The lowest BCUT2D eigenvalue weighted by Gasteiger charge is -2.24. The highest BCUT2D eigenvalue weighted by Gasteiger charge is 2.42. The number of ether oxygens (including phenoxy) is 1. The van der Waals surface area contributed by atoms with E-state index in [1.165, 1.54) is 0 Å². The molecule has 18 heavy (non-hydrogen) atoms. The summed E-state index contributed by atoms with van der Waals surface area (Å²) in [5, 5.41) is 9.63. The number of hydrogen-bond acceptors (Lipinski definition) is 3. The van der Waals surface area contributed by atoms with Crippen LogP contribution in [0.25, 0.3) is 0 Å². The van der Waals surface area contributed by atoms with Crippen molar-refractivity contribution in [1.82, 2.24) is 5.32 Å². The molecule has 0 aromatic heterocycles. The second-order valence-electron chi connectivity index (χ2n) is 5.77. The van der Waals surface area contributed by atoms with Gasteiger partial charge in [0, 0.05) is 10.7 Å². The zero-order chi connectivity index (χ0) is 13.9. The van der Waals surface area contributed by atoms with Crippen LogP contribution in [0.4, 0.5) is 4.79 Å². The van der Waals surface area contributed by atoms with Crippen LogP contribution in [-0.4, -0.2) is 29.3 Å². The summed E-state index contributed by atoms with van der Waals surface area (Å²) in [6.45, 7) is 9.01. The molecule has 0 aliphatic heterocycles. The largest absolute Gasteiger partial charge is 0.563 e. The van der Waals surface area contributed by atoms with Gasteiger partial charge in [0.15, 0.2) is 6.04 Å². The van der Waals surface area contributed by atoms with E-state index in [4.69, 9.17) is 9.84 Å². The zero-order valence-electron chi connectivity index (χ0n) is 11.2. The minimum atomic E-state index is -0.846. The minimum absolute atomic E-state index is 0.0792. The van der Waals surface area contributed by atoms with Gasteiger partial charge >= 0.3 is 12.1 Å². The third-order valence-corrected chi connectivity index (χ3v) is 2.98. The van der Waals surface area contributed by atoms with Gasteiger partial charge in [0.05, 0.1) is 0 Å². The summed E-state index contributed by atoms with van der Waals surface area (Å²) < 4.78 is 5.17. The van der Waals surface area contributed by atoms with E-state index in [0.29, 0.717) is 5.92 Å². The number of alkyl carbamates (subject to hydrolysis) is 1. The van der Waals surface area contributed by atoms with Crippen molar-refractivity contribution in [1.29, 1.82) is 0 Å². The van der Waals surface area contributed by atoms with E-state index < -0.39 is 23.5 Å². The second kappa shape index (κ2) is 5.42. The third kappa shape index (κ3) is 4.05. The Labute approximate surface area is 107 Å². The molecule has 102 valence electrons. The molecule has 5 nitrogen and oxygen atoms in total. The Morgan fingerprint density at radius 2 is 2.17 bits per heavy atom. The topological polar surface area (TPSA) is 78.3 Å². The lowest BCUT2D eigenvalue weighted by atomic mass is 9.87. The normalized spacial score (nSPS) is 23.9. The van der Waals surface area contributed by atoms with Crippen LogP contribution in [0.2, 0.25) is 0 Å². The summed E-state index contributed by atoms with van der Waals surface area (Å²) in [6.07, 6.45) is 2.78. The molecular weight excluding hydrogens is 234 g/mol. The van der Waals surface area contributed by atoms with Gasteiger partial charge in [-0.1, -0.05) is 26.8 Å². The van der Waals surface area contributed by atoms with Crippen LogP contribution in [0.1, 0.15) is 33.6 Å². The Balaban J connectivity index is 2.44. The molecule has 0 bridgehead atoms. The maximum absolute atomic E-state index is 11.6. The smallest absolute Gasteiger partial charge is 0.539 e. The van der Waals surface area contributed by atoms with Crippen LogP contribution in [0.5, 0.6) is 0 Å². The van der Waals surface area contributed by atoms with Gasteiger partial charge in [-0.25, -0.2) is 4.79 Å². The first-order valence-corrected chi connectivity index (χ1v) is 6.09. The van der Waals surface area contributed by atoms with Gasteiger partial charge in [-0.05, 0) is 18.3 Å². The maximum Gasteiger partial charge on any atom is 0.539 e. The number of nitrogens with one attached hydrogen (secondary N) is 1. The Morgan fingerprint density at radius 3 is 2.61 bits per heavy atom. The molecule has 1 saturated carbocycles. The van der Waals surface area contributed by atoms with Gasteiger partial charge in [0.25, 0.3) is 0 Å². The molecule has 1 rings (SSSR count). The van der Waals surface area contributed by atoms with Crippen molar-refractivity contribution in [2.75, 3.05) is 0 Å². The van der Waals surface area contributed by atoms with Gasteiger partial charge in [-0.2, -0.15) is 0 Å². The molecule has 0 spiro atoms. The van der Waals surface area contributed by atoms with E-state index in [1.54, 1.807) is 26.8 Å². The predicted octanol–water partition coefficient (Wildman–Crippen LogP) is 1.34. The Hall–Kier alpha value is -1.52. The fourth-order valence-electron chi connectivity index (χ4n) is 1.79. The molecule has 1 aliphatic carbocycles. The summed E-state index contributed by atoms with van der Waals surface area (Å²) in [6, 6.07) is -0.846. The van der Waals surface area contributed by atoms with Crippen LogP contribution in [0.3, 0.4) is 0 Å². The molecule has 5 heteroatoms. The van der Waals surface area contributed by atoms with Crippen molar-refractivity contribution < 1.29 is 19.4 Å². The van der Waals surface area contributed by atoms with Crippen molar-refractivity contribution in [3.8, 4) is 0 Å².